The van der Waals surface area contributed by atoms with Gasteiger partial charge in [0.15, 0.2) is 0 Å². The minimum atomic E-state index is -0.334. The minimum Gasteiger partial charge on any atom is -0.392 e. The van der Waals surface area contributed by atoms with Crippen LogP contribution in [0.25, 0.3) is 0 Å². The molecule has 2 unspecified atom stereocenters. The number of piperidine rings is 1. The highest BCUT2D eigenvalue weighted by atomic mass is 16.3. The van der Waals surface area contributed by atoms with E-state index in [4.69, 9.17) is 10.2 Å². The maximum Gasteiger partial charge on any atom is 0.0692 e. The molecule has 1 saturated heterocycles. The molecule has 0 bridgehead atoms. The molecule has 3 heteroatoms. The maximum atomic E-state index is 9.05. The second-order valence-corrected chi connectivity index (χ2v) is 2.76. The number of aliphatic hydroxyl groups excluding tert-OH is 2. The van der Waals surface area contributed by atoms with Crippen LogP contribution in [0.4, 0.5) is 0 Å². The van der Waals surface area contributed by atoms with Crippen molar-refractivity contribution in [2.75, 3.05) is 20.1 Å². The summed E-state index contributed by atoms with van der Waals surface area (Å²) < 4.78 is 0. The van der Waals surface area contributed by atoms with Gasteiger partial charge in [0.2, 0.25) is 0 Å². The Kier molecular flexibility index (Phi) is 2.05. The molecule has 0 aromatic carbocycles. The standard InChI is InChI=1S/C6H13NO2/c1-7-3-5(8)2-6(9)4-7/h5-6,8-9H,2-4H2,1H3. The van der Waals surface area contributed by atoms with Gasteiger partial charge in [-0.15, -0.1) is 0 Å². The van der Waals surface area contributed by atoms with Crippen LogP contribution < -0.4 is 0 Å². The fourth-order valence-corrected chi connectivity index (χ4v) is 1.26. The Hall–Kier alpha value is -0.120. The lowest BCUT2D eigenvalue weighted by Crippen LogP contribution is -2.43. The molecule has 0 aromatic rings. The number of likely N-dealkylation sites (tertiary alicyclic amines) is 1. The molecule has 54 valence electrons. The largest absolute Gasteiger partial charge is 0.392 e. The summed E-state index contributed by atoms with van der Waals surface area (Å²) in [7, 11) is 1.89. The highest BCUT2D eigenvalue weighted by molar-refractivity contribution is 4.75. The predicted molar refractivity (Wildman–Crippen MR) is 34.1 cm³/mol. The fraction of sp³-hybridized carbons (Fsp3) is 1.00. The smallest absolute Gasteiger partial charge is 0.0692 e. The van der Waals surface area contributed by atoms with Crippen molar-refractivity contribution in [3.05, 3.63) is 0 Å². The van der Waals surface area contributed by atoms with Crippen molar-refractivity contribution in [1.29, 1.82) is 0 Å². The van der Waals surface area contributed by atoms with E-state index in [1.165, 1.54) is 0 Å². The summed E-state index contributed by atoms with van der Waals surface area (Å²) in [5.41, 5.74) is 0. The molecule has 1 rings (SSSR count). The summed E-state index contributed by atoms with van der Waals surface area (Å²) in [5.74, 6) is 0. The van der Waals surface area contributed by atoms with Gasteiger partial charge in [-0.2, -0.15) is 0 Å². The zero-order valence-corrected chi connectivity index (χ0v) is 5.62. The lowest BCUT2D eigenvalue weighted by Gasteiger charge is -2.29. The van der Waals surface area contributed by atoms with Crippen molar-refractivity contribution < 1.29 is 10.2 Å². The molecule has 1 aliphatic rings. The third kappa shape index (κ3) is 1.93. The van der Waals surface area contributed by atoms with Gasteiger partial charge < -0.3 is 15.1 Å². The van der Waals surface area contributed by atoms with E-state index in [9.17, 15) is 0 Å². The van der Waals surface area contributed by atoms with Gasteiger partial charge in [-0.25, -0.2) is 0 Å². The van der Waals surface area contributed by atoms with Crippen LogP contribution in [0, 0.1) is 0 Å². The van der Waals surface area contributed by atoms with Crippen LogP contribution in [-0.2, 0) is 0 Å². The molecule has 0 radical (unpaired) electrons. The molecule has 1 heterocycles. The van der Waals surface area contributed by atoms with Crippen molar-refractivity contribution in [1.82, 2.24) is 4.90 Å². The van der Waals surface area contributed by atoms with E-state index in [1.54, 1.807) is 0 Å². The van der Waals surface area contributed by atoms with Crippen LogP contribution in [0.1, 0.15) is 6.42 Å². The van der Waals surface area contributed by atoms with E-state index in [0.717, 1.165) is 0 Å². The van der Waals surface area contributed by atoms with Crippen LogP contribution in [0.2, 0.25) is 0 Å². The summed E-state index contributed by atoms with van der Waals surface area (Å²) in [5, 5.41) is 18.1. The first-order chi connectivity index (χ1) is 4.18. The van der Waals surface area contributed by atoms with Gasteiger partial charge in [-0.3, -0.25) is 0 Å². The number of hydrogen-bond acceptors (Lipinski definition) is 3. The van der Waals surface area contributed by atoms with Crippen molar-refractivity contribution in [2.45, 2.75) is 18.6 Å². The van der Waals surface area contributed by atoms with Crippen molar-refractivity contribution in [3.8, 4) is 0 Å². The van der Waals surface area contributed by atoms with Gasteiger partial charge in [-0.1, -0.05) is 0 Å². The van der Waals surface area contributed by atoms with Gasteiger partial charge in [-0.05, 0) is 7.05 Å². The first kappa shape index (κ1) is 6.99. The molecule has 3 nitrogen and oxygen atoms in total. The number of likely N-dealkylation sites (N-methyl/N-ethyl adjacent to an activating group) is 1. The van der Waals surface area contributed by atoms with Crippen LogP contribution in [0.3, 0.4) is 0 Å². The molecule has 0 saturated carbocycles. The third-order valence-electron chi connectivity index (χ3n) is 1.59. The van der Waals surface area contributed by atoms with Gasteiger partial charge in [0, 0.05) is 19.5 Å². The number of aliphatic hydroxyl groups is 2. The van der Waals surface area contributed by atoms with Gasteiger partial charge in [0.05, 0.1) is 12.2 Å². The Labute approximate surface area is 54.9 Å². The molecule has 1 fully saturated rings. The molecule has 9 heavy (non-hydrogen) atoms. The molecular weight excluding hydrogens is 118 g/mol. The van der Waals surface area contributed by atoms with E-state index in [0.29, 0.717) is 19.5 Å². The van der Waals surface area contributed by atoms with Crippen molar-refractivity contribution >= 4 is 0 Å². The summed E-state index contributed by atoms with van der Waals surface area (Å²) in [6.45, 7) is 1.38. The molecule has 0 aromatic heterocycles. The van der Waals surface area contributed by atoms with Crippen molar-refractivity contribution in [3.63, 3.8) is 0 Å². The van der Waals surface area contributed by atoms with E-state index >= 15 is 0 Å². The fourth-order valence-electron chi connectivity index (χ4n) is 1.26. The topological polar surface area (TPSA) is 43.7 Å². The molecule has 1 aliphatic heterocycles. The van der Waals surface area contributed by atoms with Crippen LogP contribution in [0.15, 0.2) is 0 Å². The Morgan fingerprint density at radius 1 is 1.22 bits per heavy atom. The number of β-amino-alcohol motifs (C(OH)–C–C–N with tert-alkyl or cyclic N) is 2. The normalized spacial score (nSPS) is 39.0. The first-order valence-corrected chi connectivity index (χ1v) is 3.23. The van der Waals surface area contributed by atoms with Crippen LogP contribution >= 0.6 is 0 Å². The monoisotopic (exact) mass is 131 g/mol. The second-order valence-electron chi connectivity index (χ2n) is 2.76. The van der Waals surface area contributed by atoms with E-state index < -0.39 is 0 Å². The summed E-state index contributed by atoms with van der Waals surface area (Å²) >= 11 is 0. The summed E-state index contributed by atoms with van der Waals surface area (Å²) in [6.07, 6.45) is -0.137. The van der Waals surface area contributed by atoms with Crippen LogP contribution in [-0.4, -0.2) is 47.5 Å². The average Bonchev–Trinajstić information content (AvgIpc) is 1.59. The zero-order chi connectivity index (χ0) is 6.85. The van der Waals surface area contributed by atoms with E-state index in [2.05, 4.69) is 0 Å². The Morgan fingerprint density at radius 2 is 1.67 bits per heavy atom. The highest BCUT2D eigenvalue weighted by Gasteiger charge is 2.20. The van der Waals surface area contributed by atoms with Crippen molar-refractivity contribution in [2.24, 2.45) is 0 Å². The first-order valence-electron chi connectivity index (χ1n) is 3.23. The third-order valence-corrected chi connectivity index (χ3v) is 1.59. The molecule has 2 atom stereocenters. The lowest BCUT2D eigenvalue weighted by molar-refractivity contribution is 0.00210. The van der Waals surface area contributed by atoms with Gasteiger partial charge in [0.25, 0.3) is 0 Å². The second kappa shape index (κ2) is 2.64. The lowest BCUT2D eigenvalue weighted by atomic mass is 10.1. The molecule has 0 aliphatic carbocycles. The van der Waals surface area contributed by atoms with Gasteiger partial charge in [0.1, 0.15) is 0 Å². The van der Waals surface area contributed by atoms with E-state index in [-0.39, 0.29) is 12.2 Å². The molecule has 0 amide bonds. The summed E-state index contributed by atoms with van der Waals surface area (Å²) in [6, 6.07) is 0. The molecule has 2 N–H and O–H groups in total. The SMILES string of the molecule is CN1CC(O)CC(O)C1. The van der Waals surface area contributed by atoms with Crippen LogP contribution in [0.5, 0.6) is 0 Å². The quantitative estimate of drug-likeness (QED) is 0.445. The minimum absolute atomic E-state index is 0.334. The van der Waals surface area contributed by atoms with Gasteiger partial charge >= 0.3 is 0 Å². The Balaban J connectivity index is 2.34. The highest BCUT2D eigenvalue weighted by Crippen LogP contribution is 2.07. The molecule has 0 spiro atoms. The number of rotatable bonds is 0. The average molecular weight is 131 g/mol. The Morgan fingerprint density at radius 3 is 2.00 bits per heavy atom. The van der Waals surface area contributed by atoms with E-state index in [1.807, 2.05) is 11.9 Å². The predicted octanol–water partition coefficient (Wildman–Crippen LogP) is -0.956. The molecular formula is C6H13NO2. The summed E-state index contributed by atoms with van der Waals surface area (Å²) in [4.78, 5) is 1.93. The maximum absolute atomic E-state index is 9.05. The Bertz CT molecular complexity index is 72.0. The number of nitrogens with zero attached hydrogens (tertiary/aromatic N) is 1. The number of hydrogen-bond donors (Lipinski definition) is 2. The zero-order valence-electron chi connectivity index (χ0n) is 5.62.